The van der Waals surface area contributed by atoms with Crippen molar-refractivity contribution >= 4 is 93.9 Å². The summed E-state index contributed by atoms with van der Waals surface area (Å²) >= 11 is 0. The maximum atomic E-state index is 6.39. The molecule has 0 unspecified atom stereocenters. The molecule has 10 aromatic rings. The van der Waals surface area contributed by atoms with Crippen LogP contribution in [-0.4, -0.2) is 4.98 Å². The van der Waals surface area contributed by atoms with Gasteiger partial charge in [-0.1, -0.05) is 66.7 Å². The van der Waals surface area contributed by atoms with E-state index >= 15 is 0 Å². The van der Waals surface area contributed by atoms with Crippen LogP contribution in [0.15, 0.2) is 147 Å². The number of hydrogen-bond donors (Lipinski definition) is 0. The van der Waals surface area contributed by atoms with Gasteiger partial charge in [0.2, 0.25) is 5.71 Å². The van der Waals surface area contributed by atoms with Crippen LogP contribution in [0.2, 0.25) is 0 Å². The van der Waals surface area contributed by atoms with Gasteiger partial charge in [-0.05, 0) is 77.5 Å². The van der Waals surface area contributed by atoms with E-state index in [1.807, 2.05) is 54.6 Å². The molecule has 5 heteroatoms. The van der Waals surface area contributed by atoms with Crippen molar-refractivity contribution in [2.75, 3.05) is 4.90 Å². The average molecular weight is 567 g/mol. The molecule has 10 rings (SSSR count). The molecule has 4 heterocycles. The van der Waals surface area contributed by atoms with Crippen LogP contribution in [0.4, 0.5) is 17.2 Å². The summed E-state index contributed by atoms with van der Waals surface area (Å²) < 4.78 is 18.7. The van der Waals surface area contributed by atoms with Gasteiger partial charge in [-0.3, -0.25) is 4.90 Å². The van der Waals surface area contributed by atoms with E-state index in [1.165, 1.54) is 5.39 Å². The van der Waals surface area contributed by atoms with Gasteiger partial charge in [0, 0.05) is 43.7 Å². The molecule has 0 N–H and O–H groups in total. The Morgan fingerprint density at radius 1 is 0.409 bits per heavy atom. The zero-order valence-corrected chi connectivity index (χ0v) is 23.3. The van der Waals surface area contributed by atoms with Gasteiger partial charge in [0.1, 0.15) is 33.7 Å². The molecule has 4 aromatic heterocycles. The lowest BCUT2D eigenvalue weighted by molar-refractivity contribution is 0.654. The standard InChI is InChI=1S/C39H22N2O3/c1-2-8-26-23(7-1)13-17-36-38(26)29-16-20-37(40-39(29)44-36)41(24-14-18-34-30(21-24)27-9-3-5-11-32(27)42-34)25-15-19-35-31(22-25)28-10-4-6-12-33(28)43-35/h1-22H. The Labute approximate surface area is 250 Å². The molecule has 0 saturated carbocycles. The minimum absolute atomic E-state index is 0.600. The summed E-state index contributed by atoms with van der Waals surface area (Å²) in [7, 11) is 0. The smallest absolute Gasteiger partial charge is 0.229 e. The van der Waals surface area contributed by atoms with Gasteiger partial charge >= 0.3 is 0 Å². The first kappa shape index (κ1) is 23.5. The summed E-state index contributed by atoms with van der Waals surface area (Å²) in [4.78, 5) is 7.32. The van der Waals surface area contributed by atoms with E-state index in [4.69, 9.17) is 18.2 Å². The molecule has 0 fully saturated rings. The highest BCUT2D eigenvalue weighted by Crippen LogP contribution is 2.42. The zero-order chi connectivity index (χ0) is 28.8. The van der Waals surface area contributed by atoms with Crippen molar-refractivity contribution in [3.63, 3.8) is 0 Å². The second-order valence-electron chi connectivity index (χ2n) is 11.2. The molecule has 0 aliphatic rings. The van der Waals surface area contributed by atoms with E-state index in [9.17, 15) is 0 Å². The number of furan rings is 3. The molecule has 206 valence electrons. The molecular weight excluding hydrogens is 544 g/mol. The molecule has 0 atom stereocenters. The van der Waals surface area contributed by atoms with Gasteiger partial charge in [0.05, 0.1) is 0 Å². The first-order valence-electron chi connectivity index (χ1n) is 14.6. The second-order valence-corrected chi connectivity index (χ2v) is 11.2. The van der Waals surface area contributed by atoms with E-state index in [0.717, 1.165) is 82.8 Å². The third-order valence-electron chi connectivity index (χ3n) is 8.68. The maximum Gasteiger partial charge on any atom is 0.229 e. The van der Waals surface area contributed by atoms with E-state index in [1.54, 1.807) is 0 Å². The predicted octanol–water partition coefficient (Wildman–Crippen LogP) is 11.4. The first-order chi connectivity index (χ1) is 21.8. The molecule has 0 bridgehead atoms. The van der Waals surface area contributed by atoms with Crippen LogP contribution in [0.3, 0.4) is 0 Å². The number of nitrogens with zero attached hydrogens (tertiary/aromatic N) is 2. The van der Waals surface area contributed by atoms with Crippen LogP contribution in [0, 0.1) is 0 Å². The van der Waals surface area contributed by atoms with Crippen LogP contribution < -0.4 is 4.90 Å². The number of benzene rings is 6. The Balaban J connectivity index is 1.23. The molecule has 6 aromatic carbocycles. The van der Waals surface area contributed by atoms with Crippen LogP contribution in [0.25, 0.3) is 76.7 Å². The molecule has 0 saturated heterocycles. The third-order valence-corrected chi connectivity index (χ3v) is 8.68. The zero-order valence-electron chi connectivity index (χ0n) is 23.3. The minimum atomic E-state index is 0.600. The number of fused-ring (bicyclic) bond motifs is 11. The lowest BCUT2D eigenvalue weighted by Crippen LogP contribution is -2.11. The average Bonchev–Trinajstić information content (AvgIpc) is 3.75. The van der Waals surface area contributed by atoms with Gasteiger partial charge in [0.15, 0.2) is 0 Å². The van der Waals surface area contributed by atoms with Crippen molar-refractivity contribution in [2.45, 2.75) is 0 Å². The molecular formula is C39H22N2O3. The lowest BCUT2D eigenvalue weighted by atomic mass is 10.0. The summed E-state index contributed by atoms with van der Waals surface area (Å²) in [5.41, 5.74) is 6.78. The van der Waals surface area contributed by atoms with Gasteiger partial charge < -0.3 is 13.3 Å². The van der Waals surface area contributed by atoms with Gasteiger partial charge in [-0.2, -0.15) is 4.98 Å². The minimum Gasteiger partial charge on any atom is -0.456 e. The highest BCUT2D eigenvalue weighted by molar-refractivity contribution is 6.18. The monoisotopic (exact) mass is 566 g/mol. The highest BCUT2D eigenvalue weighted by Gasteiger charge is 2.20. The number of hydrogen-bond acceptors (Lipinski definition) is 5. The van der Waals surface area contributed by atoms with Gasteiger partial charge in [-0.25, -0.2) is 0 Å². The number of anilines is 3. The van der Waals surface area contributed by atoms with Gasteiger partial charge in [0.25, 0.3) is 0 Å². The molecule has 0 spiro atoms. The van der Waals surface area contributed by atoms with Crippen molar-refractivity contribution in [1.82, 2.24) is 4.98 Å². The number of para-hydroxylation sites is 2. The van der Waals surface area contributed by atoms with Crippen LogP contribution >= 0.6 is 0 Å². The van der Waals surface area contributed by atoms with Crippen molar-refractivity contribution in [2.24, 2.45) is 0 Å². The van der Waals surface area contributed by atoms with E-state index in [-0.39, 0.29) is 0 Å². The summed E-state index contributed by atoms with van der Waals surface area (Å²) in [6, 6.07) is 45.6. The topological polar surface area (TPSA) is 55.6 Å². The van der Waals surface area contributed by atoms with Crippen LogP contribution in [-0.2, 0) is 0 Å². The fraction of sp³-hybridized carbons (Fsp3) is 0. The Bertz CT molecular complexity index is 2630. The molecule has 0 radical (unpaired) electrons. The Morgan fingerprint density at radius 2 is 0.977 bits per heavy atom. The highest BCUT2D eigenvalue weighted by atomic mass is 16.3. The summed E-state index contributed by atoms with van der Waals surface area (Å²) in [5, 5.41) is 8.67. The van der Waals surface area contributed by atoms with Crippen LogP contribution in [0.1, 0.15) is 0 Å². The molecule has 44 heavy (non-hydrogen) atoms. The molecule has 0 aliphatic heterocycles. The Morgan fingerprint density at radius 3 is 1.66 bits per heavy atom. The van der Waals surface area contributed by atoms with Crippen molar-refractivity contribution in [3.05, 3.63) is 133 Å². The van der Waals surface area contributed by atoms with E-state index in [0.29, 0.717) is 5.71 Å². The normalized spacial score (nSPS) is 12.1. The summed E-state index contributed by atoms with van der Waals surface area (Å²) in [5.74, 6) is 0.750. The number of aromatic nitrogens is 1. The lowest BCUT2D eigenvalue weighted by Gasteiger charge is -2.24. The van der Waals surface area contributed by atoms with E-state index in [2.05, 4.69) is 83.8 Å². The number of rotatable bonds is 3. The largest absolute Gasteiger partial charge is 0.456 e. The SMILES string of the molecule is c1ccc2c(c1)ccc1oc3nc(N(c4ccc5oc6ccccc6c5c4)c4ccc5oc6ccccc6c5c4)ccc3c12. The van der Waals surface area contributed by atoms with E-state index < -0.39 is 0 Å². The fourth-order valence-electron chi connectivity index (χ4n) is 6.66. The quantitative estimate of drug-likeness (QED) is 0.213. The number of pyridine rings is 1. The second kappa shape index (κ2) is 8.72. The molecule has 5 nitrogen and oxygen atoms in total. The summed E-state index contributed by atoms with van der Waals surface area (Å²) in [6.07, 6.45) is 0. The van der Waals surface area contributed by atoms with Crippen molar-refractivity contribution < 1.29 is 13.3 Å². The first-order valence-corrected chi connectivity index (χ1v) is 14.6. The maximum absolute atomic E-state index is 6.39. The fourth-order valence-corrected chi connectivity index (χ4v) is 6.66. The Kier molecular flexibility index (Phi) is 4.66. The van der Waals surface area contributed by atoms with Crippen LogP contribution in [0.5, 0.6) is 0 Å². The summed E-state index contributed by atoms with van der Waals surface area (Å²) in [6.45, 7) is 0. The third kappa shape index (κ3) is 3.32. The van der Waals surface area contributed by atoms with Gasteiger partial charge in [-0.15, -0.1) is 0 Å². The Hall–Kier alpha value is -6.07. The van der Waals surface area contributed by atoms with Crippen molar-refractivity contribution in [3.8, 4) is 0 Å². The predicted molar refractivity (Wildman–Crippen MR) is 178 cm³/mol. The van der Waals surface area contributed by atoms with Crippen molar-refractivity contribution in [1.29, 1.82) is 0 Å². The molecule has 0 aliphatic carbocycles. The molecule has 0 amide bonds.